The second-order valence-electron chi connectivity index (χ2n) is 9.18. The van der Waals surface area contributed by atoms with Crippen LogP contribution in [-0.4, -0.2) is 47.0 Å². The molecule has 1 atom stereocenters. The molecular weight excluding hydrogens is 402 g/mol. The van der Waals surface area contributed by atoms with Crippen LogP contribution >= 0.6 is 12.2 Å². The van der Waals surface area contributed by atoms with Gasteiger partial charge in [0.2, 0.25) is 5.91 Å². The van der Waals surface area contributed by atoms with Crippen molar-refractivity contribution in [3.63, 3.8) is 0 Å². The number of carbonyl (C=O) groups is 1. The van der Waals surface area contributed by atoms with E-state index in [1.807, 2.05) is 11.8 Å². The van der Waals surface area contributed by atoms with Crippen molar-refractivity contribution in [1.29, 1.82) is 0 Å². The summed E-state index contributed by atoms with van der Waals surface area (Å²) in [4.78, 5) is 17.2. The first-order valence-corrected chi connectivity index (χ1v) is 11.7. The average Bonchev–Trinajstić information content (AvgIpc) is 2.72. The van der Waals surface area contributed by atoms with Gasteiger partial charge in [-0.2, -0.15) is 0 Å². The van der Waals surface area contributed by atoms with Gasteiger partial charge in [-0.15, -0.1) is 0 Å². The highest BCUT2D eigenvalue weighted by Gasteiger charge is 2.26. The van der Waals surface area contributed by atoms with Crippen molar-refractivity contribution >= 4 is 28.9 Å². The zero-order valence-corrected chi connectivity index (χ0v) is 20.3. The number of benzene rings is 2. The Morgan fingerprint density at radius 1 is 0.935 bits per heavy atom. The Morgan fingerprint density at radius 2 is 1.48 bits per heavy atom. The predicted molar refractivity (Wildman–Crippen MR) is 134 cm³/mol. The molecular formula is C26H35N3OS. The fourth-order valence-electron chi connectivity index (χ4n) is 4.21. The Labute approximate surface area is 192 Å². The number of nitrogens with one attached hydrogen (secondary N) is 1. The van der Waals surface area contributed by atoms with E-state index >= 15 is 0 Å². The van der Waals surface area contributed by atoms with E-state index in [2.05, 4.69) is 80.4 Å². The van der Waals surface area contributed by atoms with E-state index in [1.165, 1.54) is 16.7 Å². The number of rotatable bonds is 5. The number of thiocarbonyl (C=S) groups is 1. The molecule has 31 heavy (non-hydrogen) atoms. The minimum atomic E-state index is -0.125. The van der Waals surface area contributed by atoms with Crippen LogP contribution in [0.5, 0.6) is 0 Å². The molecule has 0 bridgehead atoms. The highest BCUT2D eigenvalue weighted by molar-refractivity contribution is 7.80. The fourth-order valence-corrected chi connectivity index (χ4v) is 4.51. The summed E-state index contributed by atoms with van der Waals surface area (Å²) < 4.78 is 0. The quantitative estimate of drug-likeness (QED) is 0.657. The summed E-state index contributed by atoms with van der Waals surface area (Å²) in [5, 5.41) is 4.09. The summed E-state index contributed by atoms with van der Waals surface area (Å²) in [6.07, 6.45) is 1.07. The maximum absolute atomic E-state index is 13.1. The third-order valence-corrected chi connectivity index (χ3v) is 6.21. The zero-order chi connectivity index (χ0) is 22.5. The van der Waals surface area contributed by atoms with Gasteiger partial charge in [-0.05, 0) is 79.7 Å². The minimum Gasteiger partial charge on any atom is -0.345 e. The standard InChI is InChI=1S/C26H35N3OS/c1-18(2)14-22-6-8-23(9-7-22)21(5)25(30)28-10-12-29(13-11-28)26(31)27-24-16-19(3)15-20(4)17-24/h6-9,15-18,21H,10-14H2,1-5H3,(H,27,31). The normalized spacial score (nSPS) is 15.2. The monoisotopic (exact) mass is 437 g/mol. The smallest absolute Gasteiger partial charge is 0.229 e. The number of hydrogen-bond donors (Lipinski definition) is 1. The van der Waals surface area contributed by atoms with E-state index in [4.69, 9.17) is 12.2 Å². The van der Waals surface area contributed by atoms with Gasteiger partial charge in [0.1, 0.15) is 0 Å². The predicted octanol–water partition coefficient (Wildman–Crippen LogP) is 5.15. The highest BCUT2D eigenvalue weighted by atomic mass is 32.1. The lowest BCUT2D eigenvalue weighted by Gasteiger charge is -2.37. The second-order valence-corrected chi connectivity index (χ2v) is 9.57. The van der Waals surface area contributed by atoms with Crippen LogP contribution in [0.1, 0.15) is 48.9 Å². The number of hydrogen-bond acceptors (Lipinski definition) is 2. The first kappa shape index (κ1) is 23.3. The van der Waals surface area contributed by atoms with Gasteiger partial charge in [-0.1, -0.05) is 44.2 Å². The topological polar surface area (TPSA) is 35.6 Å². The van der Waals surface area contributed by atoms with Crippen LogP contribution in [-0.2, 0) is 11.2 Å². The first-order valence-electron chi connectivity index (χ1n) is 11.2. The van der Waals surface area contributed by atoms with Crippen molar-refractivity contribution in [2.75, 3.05) is 31.5 Å². The van der Waals surface area contributed by atoms with Crippen molar-refractivity contribution in [3.8, 4) is 0 Å². The number of carbonyl (C=O) groups excluding carboxylic acids is 1. The van der Waals surface area contributed by atoms with Crippen molar-refractivity contribution in [2.24, 2.45) is 5.92 Å². The molecule has 4 nitrogen and oxygen atoms in total. The van der Waals surface area contributed by atoms with E-state index < -0.39 is 0 Å². The van der Waals surface area contributed by atoms with Crippen molar-refractivity contribution in [3.05, 3.63) is 64.7 Å². The van der Waals surface area contributed by atoms with Crippen LogP contribution in [0.25, 0.3) is 0 Å². The van der Waals surface area contributed by atoms with E-state index in [0.717, 1.165) is 35.9 Å². The maximum Gasteiger partial charge on any atom is 0.229 e. The minimum absolute atomic E-state index is 0.125. The molecule has 1 N–H and O–H groups in total. The van der Waals surface area contributed by atoms with Gasteiger partial charge in [0.25, 0.3) is 0 Å². The lowest BCUT2D eigenvalue weighted by molar-refractivity contribution is -0.133. The second kappa shape index (κ2) is 10.3. The van der Waals surface area contributed by atoms with Gasteiger partial charge in [0.15, 0.2) is 5.11 Å². The van der Waals surface area contributed by atoms with Gasteiger partial charge >= 0.3 is 0 Å². The molecule has 2 aromatic carbocycles. The molecule has 2 aromatic rings. The van der Waals surface area contributed by atoms with Gasteiger partial charge in [-0.3, -0.25) is 4.79 Å². The average molecular weight is 438 g/mol. The van der Waals surface area contributed by atoms with Crippen molar-refractivity contribution < 1.29 is 4.79 Å². The Morgan fingerprint density at radius 3 is 2.03 bits per heavy atom. The molecule has 0 aliphatic carbocycles. The molecule has 0 saturated carbocycles. The van der Waals surface area contributed by atoms with Crippen LogP contribution in [0.3, 0.4) is 0 Å². The zero-order valence-electron chi connectivity index (χ0n) is 19.4. The van der Waals surface area contributed by atoms with Gasteiger partial charge in [0, 0.05) is 31.9 Å². The summed E-state index contributed by atoms with van der Waals surface area (Å²) >= 11 is 5.63. The third-order valence-electron chi connectivity index (χ3n) is 5.85. The van der Waals surface area contributed by atoms with Crippen LogP contribution < -0.4 is 5.32 Å². The van der Waals surface area contributed by atoms with Gasteiger partial charge in [0.05, 0.1) is 5.92 Å². The van der Waals surface area contributed by atoms with Crippen LogP contribution in [0.15, 0.2) is 42.5 Å². The van der Waals surface area contributed by atoms with Crippen LogP contribution in [0.4, 0.5) is 5.69 Å². The molecule has 1 fully saturated rings. The molecule has 0 aromatic heterocycles. The lowest BCUT2D eigenvalue weighted by atomic mass is 9.95. The first-order chi connectivity index (χ1) is 14.7. The Hall–Kier alpha value is -2.40. The van der Waals surface area contributed by atoms with Crippen LogP contribution in [0, 0.1) is 19.8 Å². The van der Waals surface area contributed by atoms with Crippen LogP contribution in [0.2, 0.25) is 0 Å². The summed E-state index contributed by atoms with van der Waals surface area (Å²) in [6.45, 7) is 13.5. The molecule has 0 radical (unpaired) electrons. The molecule has 0 spiro atoms. The molecule has 1 amide bonds. The number of piperazine rings is 1. The molecule has 1 heterocycles. The highest BCUT2D eigenvalue weighted by Crippen LogP contribution is 2.21. The fraction of sp³-hybridized carbons (Fsp3) is 0.462. The molecule has 1 aliphatic rings. The molecule has 3 rings (SSSR count). The summed E-state index contributed by atoms with van der Waals surface area (Å²) in [5.74, 6) is 0.709. The molecule has 5 heteroatoms. The summed E-state index contributed by atoms with van der Waals surface area (Å²) in [7, 11) is 0. The third kappa shape index (κ3) is 6.30. The Bertz CT molecular complexity index is 894. The van der Waals surface area contributed by atoms with E-state index in [-0.39, 0.29) is 11.8 Å². The SMILES string of the molecule is Cc1cc(C)cc(NC(=S)N2CCN(C(=O)C(C)c3ccc(CC(C)C)cc3)CC2)c1. The largest absolute Gasteiger partial charge is 0.345 e. The number of nitrogens with zero attached hydrogens (tertiary/aromatic N) is 2. The van der Waals surface area contributed by atoms with Crippen molar-refractivity contribution in [1.82, 2.24) is 9.80 Å². The summed E-state index contributed by atoms with van der Waals surface area (Å²) in [6, 6.07) is 14.9. The molecule has 1 aliphatic heterocycles. The summed E-state index contributed by atoms with van der Waals surface area (Å²) in [5.41, 5.74) is 5.87. The van der Waals surface area contributed by atoms with E-state index in [0.29, 0.717) is 19.0 Å². The number of aryl methyl sites for hydroxylation is 2. The van der Waals surface area contributed by atoms with Gasteiger partial charge < -0.3 is 15.1 Å². The number of anilines is 1. The molecule has 1 saturated heterocycles. The van der Waals surface area contributed by atoms with Gasteiger partial charge in [-0.25, -0.2) is 0 Å². The lowest BCUT2D eigenvalue weighted by Crippen LogP contribution is -2.52. The molecule has 1 unspecified atom stereocenters. The Balaban J connectivity index is 1.53. The maximum atomic E-state index is 13.1. The van der Waals surface area contributed by atoms with E-state index in [9.17, 15) is 4.79 Å². The molecule has 166 valence electrons. The Kier molecular flexibility index (Phi) is 7.71. The van der Waals surface area contributed by atoms with Crippen molar-refractivity contribution in [2.45, 2.75) is 47.0 Å². The number of amides is 1. The van der Waals surface area contributed by atoms with E-state index in [1.54, 1.807) is 0 Å².